The van der Waals surface area contributed by atoms with Gasteiger partial charge in [-0.2, -0.15) is 0 Å². The standard InChI is InChI=1S/C17H20N2O3S/c1-13(2)12-19(16-11-7-6-10-15(16)17(18)20)23(21,22)14-8-4-3-5-9-14/h3-11,13H,12H2,1-2H3,(H2,18,20). The molecule has 0 aliphatic carbocycles. The Labute approximate surface area is 136 Å². The van der Waals surface area contributed by atoms with Crippen molar-refractivity contribution < 1.29 is 13.2 Å². The minimum Gasteiger partial charge on any atom is -0.366 e. The molecular formula is C17H20N2O3S. The van der Waals surface area contributed by atoms with Gasteiger partial charge in [0.2, 0.25) is 0 Å². The summed E-state index contributed by atoms with van der Waals surface area (Å²) in [6.07, 6.45) is 0. The van der Waals surface area contributed by atoms with Crippen molar-refractivity contribution in [2.75, 3.05) is 10.8 Å². The summed E-state index contributed by atoms with van der Waals surface area (Å²) < 4.78 is 27.3. The van der Waals surface area contributed by atoms with Gasteiger partial charge >= 0.3 is 0 Å². The summed E-state index contributed by atoms with van der Waals surface area (Å²) in [4.78, 5) is 11.9. The SMILES string of the molecule is CC(C)CN(c1ccccc1C(N)=O)S(=O)(=O)c1ccccc1. The first kappa shape index (κ1) is 17.0. The third kappa shape index (κ3) is 3.71. The first-order valence-electron chi connectivity index (χ1n) is 7.30. The van der Waals surface area contributed by atoms with Crippen molar-refractivity contribution in [1.29, 1.82) is 0 Å². The molecule has 0 fully saturated rings. The van der Waals surface area contributed by atoms with Crippen molar-refractivity contribution in [3.8, 4) is 0 Å². The monoisotopic (exact) mass is 332 g/mol. The number of amides is 1. The lowest BCUT2D eigenvalue weighted by molar-refractivity contribution is 0.100. The third-order valence-electron chi connectivity index (χ3n) is 3.30. The molecule has 0 heterocycles. The number of sulfonamides is 1. The molecule has 2 aromatic rings. The minimum absolute atomic E-state index is 0.0782. The van der Waals surface area contributed by atoms with Gasteiger partial charge in [-0.25, -0.2) is 8.42 Å². The number of rotatable bonds is 6. The van der Waals surface area contributed by atoms with Crippen LogP contribution in [0, 0.1) is 5.92 Å². The molecule has 0 bridgehead atoms. The lowest BCUT2D eigenvalue weighted by Gasteiger charge is -2.27. The molecule has 1 amide bonds. The van der Waals surface area contributed by atoms with Gasteiger partial charge in [0.15, 0.2) is 0 Å². The molecule has 6 heteroatoms. The molecule has 5 nitrogen and oxygen atoms in total. The maximum Gasteiger partial charge on any atom is 0.264 e. The molecular weight excluding hydrogens is 312 g/mol. The van der Waals surface area contributed by atoms with Gasteiger partial charge in [0, 0.05) is 6.54 Å². The zero-order chi connectivity index (χ0) is 17.0. The Morgan fingerprint density at radius 2 is 1.61 bits per heavy atom. The van der Waals surface area contributed by atoms with Crippen LogP contribution < -0.4 is 10.0 Å². The summed E-state index contributed by atoms with van der Waals surface area (Å²) in [5.41, 5.74) is 5.90. The molecule has 0 aliphatic heterocycles. The van der Waals surface area contributed by atoms with Gasteiger partial charge in [0.25, 0.3) is 15.9 Å². The van der Waals surface area contributed by atoms with E-state index in [0.717, 1.165) is 0 Å². The number of hydrogen-bond donors (Lipinski definition) is 1. The van der Waals surface area contributed by atoms with E-state index >= 15 is 0 Å². The van der Waals surface area contributed by atoms with Crippen molar-refractivity contribution in [3.63, 3.8) is 0 Å². The molecule has 2 rings (SSSR count). The van der Waals surface area contributed by atoms with Gasteiger partial charge in [-0.1, -0.05) is 44.2 Å². The predicted molar refractivity (Wildman–Crippen MR) is 90.8 cm³/mol. The van der Waals surface area contributed by atoms with E-state index in [1.54, 1.807) is 36.4 Å². The Morgan fingerprint density at radius 3 is 2.17 bits per heavy atom. The normalized spacial score (nSPS) is 11.4. The summed E-state index contributed by atoms with van der Waals surface area (Å²) in [6.45, 7) is 4.09. The zero-order valence-corrected chi connectivity index (χ0v) is 14.0. The zero-order valence-electron chi connectivity index (χ0n) is 13.1. The number of primary amides is 1. The van der Waals surface area contributed by atoms with Gasteiger partial charge in [0.1, 0.15) is 0 Å². The topological polar surface area (TPSA) is 80.5 Å². The Bertz CT molecular complexity index is 786. The number of nitrogens with zero attached hydrogens (tertiary/aromatic N) is 1. The van der Waals surface area contributed by atoms with E-state index in [1.165, 1.54) is 22.5 Å². The van der Waals surface area contributed by atoms with Crippen molar-refractivity contribution in [2.45, 2.75) is 18.7 Å². The average Bonchev–Trinajstić information content (AvgIpc) is 2.53. The minimum atomic E-state index is -3.78. The molecule has 0 saturated heterocycles. The van der Waals surface area contributed by atoms with Gasteiger partial charge in [-0.05, 0) is 30.2 Å². The molecule has 23 heavy (non-hydrogen) atoms. The molecule has 0 unspecified atom stereocenters. The van der Waals surface area contributed by atoms with E-state index in [4.69, 9.17) is 5.73 Å². The lowest BCUT2D eigenvalue weighted by Crippen LogP contribution is -2.35. The molecule has 0 saturated carbocycles. The quantitative estimate of drug-likeness (QED) is 0.883. The smallest absolute Gasteiger partial charge is 0.264 e. The molecule has 2 aromatic carbocycles. The molecule has 0 aliphatic rings. The second-order valence-electron chi connectivity index (χ2n) is 5.62. The largest absolute Gasteiger partial charge is 0.366 e. The van der Waals surface area contributed by atoms with Crippen LogP contribution in [-0.2, 0) is 10.0 Å². The number of carbonyl (C=O) groups is 1. The summed E-state index contributed by atoms with van der Waals surface area (Å²) in [5, 5.41) is 0. The number of benzene rings is 2. The average molecular weight is 332 g/mol. The summed E-state index contributed by atoms with van der Waals surface area (Å²) in [5.74, 6) is -0.577. The highest BCUT2D eigenvalue weighted by Crippen LogP contribution is 2.27. The number of anilines is 1. The number of hydrogen-bond acceptors (Lipinski definition) is 3. The van der Waals surface area contributed by atoms with Crippen LogP contribution in [0.3, 0.4) is 0 Å². The Hall–Kier alpha value is -2.34. The summed E-state index contributed by atoms with van der Waals surface area (Å²) in [6, 6.07) is 14.6. The van der Waals surface area contributed by atoms with Crippen LogP contribution in [-0.4, -0.2) is 20.9 Å². The first-order chi connectivity index (χ1) is 10.8. The summed E-state index contributed by atoms with van der Waals surface area (Å²) >= 11 is 0. The van der Waals surface area contributed by atoms with Gasteiger partial charge in [-0.15, -0.1) is 0 Å². The fourth-order valence-corrected chi connectivity index (χ4v) is 3.94. The molecule has 0 aromatic heterocycles. The van der Waals surface area contributed by atoms with Crippen molar-refractivity contribution in [3.05, 3.63) is 60.2 Å². The predicted octanol–water partition coefficient (Wildman–Crippen LogP) is 2.64. The van der Waals surface area contributed by atoms with Crippen molar-refractivity contribution >= 4 is 21.6 Å². The molecule has 0 spiro atoms. The Morgan fingerprint density at radius 1 is 1.04 bits per heavy atom. The molecule has 122 valence electrons. The van der Waals surface area contributed by atoms with Crippen LogP contribution in [0.25, 0.3) is 0 Å². The van der Waals surface area contributed by atoms with E-state index in [2.05, 4.69) is 0 Å². The van der Waals surface area contributed by atoms with E-state index in [0.29, 0.717) is 5.69 Å². The summed E-state index contributed by atoms with van der Waals surface area (Å²) in [7, 11) is -3.78. The lowest BCUT2D eigenvalue weighted by atomic mass is 10.1. The van der Waals surface area contributed by atoms with Crippen molar-refractivity contribution in [2.24, 2.45) is 11.7 Å². The van der Waals surface area contributed by atoms with Crippen molar-refractivity contribution in [1.82, 2.24) is 0 Å². The fourth-order valence-electron chi connectivity index (χ4n) is 2.28. The van der Waals surface area contributed by atoms with Crippen LogP contribution in [0.2, 0.25) is 0 Å². The molecule has 0 atom stereocenters. The van der Waals surface area contributed by atoms with Crippen LogP contribution in [0.15, 0.2) is 59.5 Å². The van der Waals surface area contributed by atoms with E-state index in [9.17, 15) is 13.2 Å². The van der Waals surface area contributed by atoms with Crippen LogP contribution in [0.4, 0.5) is 5.69 Å². The van der Waals surface area contributed by atoms with Gasteiger partial charge < -0.3 is 5.73 Å². The van der Waals surface area contributed by atoms with Gasteiger partial charge in [-0.3, -0.25) is 9.10 Å². The molecule has 2 N–H and O–H groups in total. The van der Waals surface area contributed by atoms with Gasteiger partial charge in [0.05, 0.1) is 16.1 Å². The highest BCUT2D eigenvalue weighted by atomic mass is 32.2. The Kier molecular flexibility index (Phi) is 5.05. The van der Waals surface area contributed by atoms with E-state index in [-0.39, 0.29) is 22.9 Å². The number of para-hydroxylation sites is 1. The Balaban J connectivity index is 2.62. The fraction of sp³-hybridized carbons (Fsp3) is 0.235. The van der Waals surface area contributed by atoms with E-state index < -0.39 is 15.9 Å². The first-order valence-corrected chi connectivity index (χ1v) is 8.74. The maximum absolute atomic E-state index is 13.0. The van der Waals surface area contributed by atoms with E-state index in [1.807, 2.05) is 13.8 Å². The highest BCUT2D eigenvalue weighted by molar-refractivity contribution is 7.92. The number of carbonyl (C=O) groups excluding carboxylic acids is 1. The molecule has 0 radical (unpaired) electrons. The van der Waals surface area contributed by atoms with Crippen LogP contribution in [0.5, 0.6) is 0 Å². The van der Waals surface area contributed by atoms with Crippen LogP contribution in [0.1, 0.15) is 24.2 Å². The van der Waals surface area contributed by atoms with Crippen LogP contribution >= 0.6 is 0 Å². The second-order valence-corrected chi connectivity index (χ2v) is 7.49. The number of nitrogens with two attached hydrogens (primary N) is 1. The maximum atomic E-state index is 13.0. The third-order valence-corrected chi connectivity index (χ3v) is 5.09. The highest BCUT2D eigenvalue weighted by Gasteiger charge is 2.28. The second kappa shape index (κ2) is 6.83.